The zero-order valence-corrected chi connectivity index (χ0v) is 15.9. The molecule has 0 aliphatic rings. The third-order valence-electron chi connectivity index (χ3n) is 3.52. The number of nitrogens with zero attached hydrogens (tertiary/aromatic N) is 4. The molecule has 0 N–H and O–H groups in total. The normalized spacial score (nSPS) is 11.4. The maximum absolute atomic E-state index is 12.2. The van der Waals surface area contributed by atoms with Crippen LogP contribution in [0.4, 0.5) is 5.69 Å². The van der Waals surface area contributed by atoms with Gasteiger partial charge in [0.1, 0.15) is 5.71 Å². The molecular weight excluding hydrogens is 431 g/mol. The van der Waals surface area contributed by atoms with Gasteiger partial charge in [-0.15, -0.1) is 5.10 Å². The summed E-state index contributed by atoms with van der Waals surface area (Å²) in [6.07, 6.45) is 1.63. The minimum absolute atomic E-state index is 0.0940. The molecule has 0 aliphatic carbocycles. The number of nitro groups is 1. The van der Waals surface area contributed by atoms with Gasteiger partial charge < -0.3 is 5.11 Å². The molecule has 0 unspecified atom stereocenters. The van der Waals surface area contributed by atoms with Crippen molar-refractivity contribution >= 4 is 27.4 Å². The molecule has 145 valence electrons. The van der Waals surface area contributed by atoms with E-state index < -0.39 is 10.8 Å². The number of benzene rings is 2. The molecule has 0 amide bonds. The molecule has 0 saturated heterocycles. The van der Waals surface area contributed by atoms with Gasteiger partial charge in [0.05, 0.1) is 10.6 Å². The Balaban J connectivity index is 0.00000136. The molecule has 1 aromatic heterocycles. The van der Waals surface area contributed by atoms with Crippen LogP contribution in [0.2, 0.25) is 0 Å². The molecule has 0 radical (unpaired) electrons. The molecule has 0 spiro atoms. The number of nitro benzene ring substituents is 1. The zero-order valence-electron chi connectivity index (χ0n) is 14.2. The van der Waals surface area contributed by atoms with Crippen LogP contribution in [0.1, 0.15) is 16.8 Å². The van der Waals surface area contributed by atoms with Gasteiger partial charge in [-0.25, -0.2) is 0 Å². The first-order valence-electron chi connectivity index (χ1n) is 7.81. The number of hydrogen-bond acceptors (Lipinski definition) is 6. The number of pyridine rings is 1. The van der Waals surface area contributed by atoms with Gasteiger partial charge in [-0.05, 0) is 29.8 Å². The second-order valence-electron chi connectivity index (χ2n) is 5.24. The fraction of sp³-hybridized carbons (Fsp3) is 0. The van der Waals surface area contributed by atoms with Crippen LogP contribution in [-0.2, 0) is 15.1 Å². The molecule has 0 atom stereocenters. The average Bonchev–Trinajstić information content (AvgIpc) is 2.77. The topological polar surface area (TPSA) is 104 Å². The molecule has 1 heterocycles. The van der Waals surface area contributed by atoms with Crippen LogP contribution in [-0.4, -0.2) is 21.5 Å². The fourth-order valence-electron chi connectivity index (χ4n) is 2.23. The Kier molecular flexibility index (Phi) is 8.30. The minimum atomic E-state index is -0.593. The molecule has 0 fully saturated rings. The van der Waals surface area contributed by atoms with Gasteiger partial charge in [0.2, 0.25) is 0 Å². The summed E-state index contributed by atoms with van der Waals surface area (Å²) in [4.78, 5) is 14.4. The summed E-state index contributed by atoms with van der Waals surface area (Å²) < 4.78 is 0. The zero-order chi connectivity index (χ0) is 20.4. The molecular formula is C19H13ClCuN4O3. The predicted molar refractivity (Wildman–Crippen MR) is 102 cm³/mol. The third kappa shape index (κ3) is 5.72. The molecule has 2 aromatic carbocycles. The Bertz CT molecular complexity index is 924. The molecule has 3 rings (SSSR count). The Morgan fingerprint density at radius 3 is 2.11 bits per heavy atom. The van der Waals surface area contributed by atoms with E-state index in [1.54, 1.807) is 18.3 Å². The first kappa shape index (κ1) is 21.2. The Morgan fingerprint density at radius 1 is 0.893 bits per heavy atom. The van der Waals surface area contributed by atoms with Crippen LogP contribution in [0.15, 0.2) is 89.2 Å². The van der Waals surface area contributed by atoms with Crippen LogP contribution in [0, 0.1) is 10.1 Å². The summed E-state index contributed by atoms with van der Waals surface area (Å²) in [6.45, 7) is 0. The maximum atomic E-state index is 12.2. The number of rotatable bonds is 5. The van der Waals surface area contributed by atoms with Crippen molar-refractivity contribution in [2.75, 3.05) is 0 Å². The van der Waals surface area contributed by atoms with Crippen molar-refractivity contribution in [3.63, 3.8) is 0 Å². The Hall–Kier alpha value is -3.06. The number of hydrogen-bond donors (Lipinski definition) is 0. The van der Waals surface area contributed by atoms with Gasteiger partial charge in [0.15, 0.2) is 0 Å². The van der Waals surface area contributed by atoms with Crippen molar-refractivity contribution in [2.45, 2.75) is 0 Å². The molecule has 3 aromatic rings. The molecule has 7 nitrogen and oxygen atoms in total. The van der Waals surface area contributed by atoms with Crippen LogP contribution >= 0.6 is 10.1 Å². The van der Waals surface area contributed by atoms with Crippen LogP contribution in [0.3, 0.4) is 0 Å². The van der Waals surface area contributed by atoms with E-state index in [1.165, 1.54) is 24.3 Å². The molecule has 0 bridgehead atoms. The van der Waals surface area contributed by atoms with Gasteiger partial charge in [0, 0.05) is 29.8 Å². The Morgan fingerprint density at radius 2 is 1.54 bits per heavy atom. The second-order valence-corrected chi connectivity index (χ2v) is 5.24. The summed E-state index contributed by atoms with van der Waals surface area (Å²) in [5.41, 5.74) is 1.93. The molecule has 9 heteroatoms. The van der Waals surface area contributed by atoms with Crippen molar-refractivity contribution in [3.8, 4) is 0 Å². The van der Waals surface area contributed by atoms with E-state index in [9.17, 15) is 15.2 Å². The van der Waals surface area contributed by atoms with Crippen molar-refractivity contribution in [2.24, 2.45) is 10.2 Å². The van der Waals surface area contributed by atoms with Gasteiger partial charge in [-0.2, -0.15) is 5.10 Å². The Labute approximate surface area is 173 Å². The van der Waals surface area contributed by atoms with E-state index in [1.807, 2.05) is 36.4 Å². The summed E-state index contributed by atoms with van der Waals surface area (Å²) in [7, 11) is 4.20. The van der Waals surface area contributed by atoms with E-state index >= 15 is 0 Å². The van der Waals surface area contributed by atoms with E-state index in [4.69, 9.17) is 0 Å². The molecule has 28 heavy (non-hydrogen) atoms. The van der Waals surface area contributed by atoms with Crippen LogP contribution < -0.4 is 5.11 Å². The monoisotopic (exact) mass is 443 g/mol. The van der Waals surface area contributed by atoms with E-state index in [0.29, 0.717) is 11.4 Å². The van der Waals surface area contributed by atoms with Crippen molar-refractivity contribution in [3.05, 3.63) is 106 Å². The number of aromatic nitrogens is 1. The second kappa shape index (κ2) is 10.9. The standard InChI is InChI=1S/C19H14N4O3.ClH.Cu/c24-19(15-9-11-16(12-10-15)23(25)26)22-21-18(14-6-2-1-3-7-14)17-8-4-5-13-20-17;;/h1-13H,(H,22,24);1H;/q;;+2/p-2/b21-18+;;. The van der Waals surface area contributed by atoms with Crippen molar-refractivity contribution in [1.82, 2.24) is 4.98 Å². The third-order valence-corrected chi connectivity index (χ3v) is 3.52. The van der Waals surface area contributed by atoms with Gasteiger partial charge in [-0.3, -0.25) is 15.1 Å². The first-order valence-corrected chi connectivity index (χ1v) is 9.10. The fourth-order valence-corrected chi connectivity index (χ4v) is 2.23. The van der Waals surface area contributed by atoms with Gasteiger partial charge in [-0.1, -0.05) is 36.4 Å². The van der Waals surface area contributed by atoms with E-state index in [0.717, 1.165) is 5.56 Å². The quantitative estimate of drug-likeness (QED) is 0.198. The molecule has 0 aliphatic heterocycles. The summed E-state index contributed by atoms with van der Waals surface area (Å²) in [5, 5.41) is 30.8. The van der Waals surface area contributed by atoms with Gasteiger partial charge in [0.25, 0.3) is 5.69 Å². The van der Waals surface area contributed by atoms with Crippen LogP contribution in [0.5, 0.6) is 0 Å². The average molecular weight is 444 g/mol. The van der Waals surface area contributed by atoms with Crippen molar-refractivity contribution in [1.29, 1.82) is 0 Å². The number of non-ortho nitro benzene ring substituents is 1. The summed E-state index contributed by atoms with van der Waals surface area (Å²) in [5.74, 6) is -0.593. The van der Waals surface area contributed by atoms with E-state index in [2.05, 4.69) is 40.4 Å². The summed E-state index contributed by atoms with van der Waals surface area (Å²) in [6, 6.07) is 19.9. The van der Waals surface area contributed by atoms with E-state index in [-0.39, 0.29) is 11.3 Å². The SMILES string of the molecule is O=[N+]([O-])c1ccc(/C([O-])=N/N=C(\c2ccccc2)c2ccccn2)cc1.[Cl][Cu+]. The van der Waals surface area contributed by atoms with Crippen LogP contribution in [0.25, 0.3) is 0 Å². The van der Waals surface area contributed by atoms with Gasteiger partial charge >= 0.3 is 25.2 Å². The number of halogens is 1. The molecule has 0 saturated carbocycles. The summed E-state index contributed by atoms with van der Waals surface area (Å²) >= 11 is 3.66. The van der Waals surface area contributed by atoms with Crippen molar-refractivity contribution < 1.29 is 25.1 Å². The first-order chi connectivity index (χ1) is 13.6. The predicted octanol–water partition coefficient (Wildman–Crippen LogP) is 3.24.